The number of benzene rings is 2. The zero-order chi connectivity index (χ0) is 18.1. The van der Waals surface area contributed by atoms with Crippen molar-refractivity contribution in [2.45, 2.75) is 13.1 Å². The second-order valence-electron chi connectivity index (χ2n) is 6.28. The molecule has 2 heterocycles. The molecule has 1 aromatic heterocycles. The molecule has 0 bridgehead atoms. The van der Waals surface area contributed by atoms with Crippen LogP contribution in [0.5, 0.6) is 0 Å². The topological polar surface area (TPSA) is 74.0 Å². The van der Waals surface area contributed by atoms with Crippen LogP contribution in [-0.2, 0) is 20.1 Å². The molecule has 1 N–H and O–H groups in total. The van der Waals surface area contributed by atoms with Gasteiger partial charge in [0.1, 0.15) is 5.69 Å². The van der Waals surface area contributed by atoms with E-state index in [1.165, 1.54) is 4.68 Å². The van der Waals surface area contributed by atoms with Crippen molar-refractivity contribution in [2.75, 3.05) is 5.32 Å². The van der Waals surface area contributed by atoms with E-state index >= 15 is 0 Å². The first-order valence-corrected chi connectivity index (χ1v) is 8.31. The van der Waals surface area contributed by atoms with Gasteiger partial charge in [0.15, 0.2) is 6.19 Å². The number of carbonyl (C=O) groups excluding carboxylic acids is 1. The largest absolute Gasteiger partial charge is 0.321 e. The number of hydrogen-bond acceptors (Lipinski definition) is 4. The van der Waals surface area contributed by atoms with Crippen molar-refractivity contribution in [2.24, 2.45) is 7.05 Å². The molecule has 0 spiro atoms. The maximum atomic E-state index is 12.5. The van der Waals surface area contributed by atoms with Crippen LogP contribution in [0.4, 0.5) is 5.69 Å². The highest BCUT2D eigenvalue weighted by Gasteiger charge is 2.23. The molecule has 2 aromatic carbocycles. The van der Waals surface area contributed by atoms with Crippen LogP contribution in [0.25, 0.3) is 11.1 Å². The van der Waals surface area contributed by atoms with Crippen molar-refractivity contribution in [3.63, 3.8) is 0 Å². The van der Waals surface area contributed by atoms with Crippen LogP contribution in [0, 0.1) is 11.5 Å². The van der Waals surface area contributed by atoms with Crippen molar-refractivity contribution in [1.82, 2.24) is 14.7 Å². The molecule has 1 aliphatic heterocycles. The van der Waals surface area contributed by atoms with E-state index in [1.54, 1.807) is 24.2 Å². The second-order valence-corrected chi connectivity index (χ2v) is 6.28. The van der Waals surface area contributed by atoms with Gasteiger partial charge in [0.25, 0.3) is 5.91 Å². The monoisotopic (exact) mass is 343 g/mol. The molecule has 6 heteroatoms. The minimum Gasteiger partial charge on any atom is -0.321 e. The van der Waals surface area contributed by atoms with Gasteiger partial charge in [0.2, 0.25) is 0 Å². The molecule has 0 unspecified atom stereocenters. The average Bonchev–Trinajstić information content (AvgIpc) is 3.27. The maximum Gasteiger partial charge on any atom is 0.273 e. The summed E-state index contributed by atoms with van der Waals surface area (Å²) in [5, 5.41) is 16.3. The highest BCUT2D eigenvalue weighted by Crippen LogP contribution is 2.35. The number of hydrogen-bond donors (Lipinski definition) is 1. The third-order valence-corrected chi connectivity index (χ3v) is 4.59. The molecule has 0 saturated carbocycles. The van der Waals surface area contributed by atoms with Gasteiger partial charge in [-0.15, -0.1) is 0 Å². The van der Waals surface area contributed by atoms with Gasteiger partial charge < -0.3 is 10.2 Å². The van der Waals surface area contributed by atoms with Gasteiger partial charge in [0, 0.05) is 18.9 Å². The summed E-state index contributed by atoms with van der Waals surface area (Å²) in [6.07, 6.45) is 3.81. The predicted octanol–water partition coefficient (Wildman–Crippen LogP) is 3.14. The van der Waals surface area contributed by atoms with Crippen LogP contribution < -0.4 is 5.32 Å². The normalized spacial score (nSPS) is 12.5. The molecular weight excluding hydrogens is 326 g/mol. The lowest BCUT2D eigenvalue weighted by atomic mass is 9.96. The fourth-order valence-electron chi connectivity index (χ4n) is 3.32. The molecule has 0 radical (unpaired) electrons. The van der Waals surface area contributed by atoms with Crippen molar-refractivity contribution < 1.29 is 4.79 Å². The molecule has 0 aliphatic carbocycles. The van der Waals surface area contributed by atoms with Gasteiger partial charge in [-0.3, -0.25) is 9.48 Å². The first-order valence-electron chi connectivity index (χ1n) is 8.31. The van der Waals surface area contributed by atoms with E-state index in [4.69, 9.17) is 0 Å². The zero-order valence-electron chi connectivity index (χ0n) is 14.3. The predicted molar refractivity (Wildman–Crippen MR) is 97.9 cm³/mol. The van der Waals surface area contributed by atoms with E-state index in [0.29, 0.717) is 24.5 Å². The Morgan fingerprint density at radius 1 is 1.19 bits per heavy atom. The van der Waals surface area contributed by atoms with Gasteiger partial charge in [0.05, 0.1) is 13.1 Å². The molecule has 0 saturated heterocycles. The molecule has 6 nitrogen and oxygen atoms in total. The van der Waals surface area contributed by atoms with Crippen molar-refractivity contribution in [1.29, 1.82) is 5.26 Å². The molecule has 1 amide bonds. The first kappa shape index (κ1) is 15.9. The number of nitrogens with zero attached hydrogens (tertiary/aromatic N) is 4. The molecule has 1 aliphatic rings. The Bertz CT molecular complexity index is 1020. The molecular formula is C20H17N5O. The van der Waals surface area contributed by atoms with E-state index < -0.39 is 0 Å². The summed E-state index contributed by atoms with van der Waals surface area (Å²) in [5.74, 6) is -0.209. The Balaban J connectivity index is 1.74. The summed E-state index contributed by atoms with van der Waals surface area (Å²) >= 11 is 0. The van der Waals surface area contributed by atoms with Crippen LogP contribution in [0.15, 0.2) is 54.7 Å². The van der Waals surface area contributed by atoms with Crippen molar-refractivity contribution >= 4 is 11.6 Å². The maximum absolute atomic E-state index is 12.5. The minimum absolute atomic E-state index is 0.209. The summed E-state index contributed by atoms with van der Waals surface area (Å²) in [7, 11) is 1.73. The van der Waals surface area contributed by atoms with Crippen LogP contribution in [0.1, 0.15) is 21.6 Å². The SMILES string of the molecule is Cn1nccc1C(=O)Nc1cc2c(c(-c3ccccc3)c1)CN(C#N)C2. The Morgan fingerprint density at radius 3 is 2.69 bits per heavy atom. The lowest BCUT2D eigenvalue weighted by Crippen LogP contribution is -2.16. The van der Waals surface area contributed by atoms with E-state index in [2.05, 4.69) is 16.6 Å². The highest BCUT2D eigenvalue weighted by atomic mass is 16.2. The first-order chi connectivity index (χ1) is 12.7. The van der Waals surface area contributed by atoms with Crippen molar-refractivity contribution in [3.8, 4) is 17.3 Å². The Kier molecular flexibility index (Phi) is 3.90. The second kappa shape index (κ2) is 6.37. The lowest BCUT2D eigenvalue weighted by Gasteiger charge is -2.13. The fourth-order valence-corrected chi connectivity index (χ4v) is 3.32. The van der Waals surface area contributed by atoms with E-state index in [1.807, 2.05) is 42.5 Å². The molecule has 4 rings (SSSR count). The number of fused-ring (bicyclic) bond motifs is 1. The standard InChI is InChI=1S/C20H17N5O/c1-24-19(7-8-22-24)20(26)23-16-9-15-11-25(13-21)12-18(15)17(10-16)14-5-3-2-4-6-14/h2-10H,11-12H2,1H3,(H,23,26). The summed E-state index contributed by atoms with van der Waals surface area (Å²) in [6, 6.07) is 15.6. The van der Waals surface area contributed by atoms with Gasteiger partial charge in [-0.05, 0) is 40.5 Å². The zero-order valence-corrected chi connectivity index (χ0v) is 14.3. The number of nitrogens with one attached hydrogen (secondary N) is 1. The summed E-state index contributed by atoms with van der Waals surface area (Å²) in [5.41, 5.74) is 5.52. The number of anilines is 1. The van der Waals surface area contributed by atoms with Crippen LogP contribution in [0.3, 0.4) is 0 Å². The van der Waals surface area contributed by atoms with Crippen LogP contribution in [0.2, 0.25) is 0 Å². The lowest BCUT2D eigenvalue weighted by molar-refractivity contribution is 0.101. The highest BCUT2D eigenvalue weighted by molar-refractivity contribution is 6.03. The Labute approximate surface area is 151 Å². The summed E-state index contributed by atoms with van der Waals surface area (Å²) < 4.78 is 1.54. The summed E-state index contributed by atoms with van der Waals surface area (Å²) in [4.78, 5) is 14.2. The molecule has 128 valence electrons. The molecule has 0 atom stereocenters. The number of aryl methyl sites for hydroxylation is 1. The third kappa shape index (κ3) is 2.80. The molecule has 3 aromatic rings. The molecule has 0 fully saturated rings. The van der Waals surface area contributed by atoms with Crippen LogP contribution >= 0.6 is 0 Å². The number of carbonyl (C=O) groups is 1. The van der Waals surface area contributed by atoms with Gasteiger partial charge in [-0.1, -0.05) is 30.3 Å². The Hall–Kier alpha value is -3.59. The third-order valence-electron chi connectivity index (χ3n) is 4.59. The van der Waals surface area contributed by atoms with Gasteiger partial charge >= 0.3 is 0 Å². The number of amides is 1. The minimum atomic E-state index is -0.209. The number of aromatic nitrogens is 2. The van der Waals surface area contributed by atoms with Gasteiger partial charge in [-0.2, -0.15) is 10.4 Å². The summed E-state index contributed by atoms with van der Waals surface area (Å²) in [6.45, 7) is 1.15. The Morgan fingerprint density at radius 2 is 2.00 bits per heavy atom. The van der Waals surface area contributed by atoms with E-state index in [9.17, 15) is 10.1 Å². The fraction of sp³-hybridized carbons (Fsp3) is 0.150. The smallest absolute Gasteiger partial charge is 0.273 e. The van der Waals surface area contributed by atoms with E-state index in [0.717, 1.165) is 22.3 Å². The van der Waals surface area contributed by atoms with Crippen LogP contribution in [-0.4, -0.2) is 20.6 Å². The van der Waals surface area contributed by atoms with Gasteiger partial charge in [-0.25, -0.2) is 0 Å². The quantitative estimate of drug-likeness (QED) is 0.742. The average molecular weight is 343 g/mol. The van der Waals surface area contributed by atoms with Crippen molar-refractivity contribution in [3.05, 3.63) is 71.5 Å². The number of rotatable bonds is 3. The number of nitriles is 1. The molecule has 26 heavy (non-hydrogen) atoms. The van der Waals surface area contributed by atoms with E-state index in [-0.39, 0.29) is 5.91 Å².